The molecular weight excluding hydrogens is 213 g/mol. The largest absolute Gasteiger partial charge is 0.481 e. The van der Waals surface area contributed by atoms with Gasteiger partial charge in [0.25, 0.3) is 0 Å². The minimum atomic E-state index is -1.20. The number of ether oxygens (including phenoxy) is 1. The molecule has 13 heavy (non-hydrogen) atoms. The molecule has 6 heteroatoms. The minimum Gasteiger partial charge on any atom is -0.481 e. The number of aliphatic carboxylic acids is 1. The smallest absolute Gasteiger partial charge is 0.323 e. The third-order valence-electron chi connectivity index (χ3n) is 1.09. The molecule has 5 nitrogen and oxygen atoms in total. The number of esters is 1. The van der Waals surface area contributed by atoms with Crippen molar-refractivity contribution in [2.75, 3.05) is 0 Å². The van der Waals surface area contributed by atoms with Crippen LogP contribution in [-0.2, 0) is 28.1 Å². The molecule has 2 N–H and O–H groups in total. The van der Waals surface area contributed by atoms with Gasteiger partial charge in [0.2, 0.25) is 5.88 Å². The number of aromatic nitrogens is 1. The molecule has 1 aromatic rings. The molecule has 0 saturated heterocycles. The van der Waals surface area contributed by atoms with Crippen molar-refractivity contribution < 1.29 is 38.0 Å². The first-order valence-corrected chi connectivity index (χ1v) is 3.24. The third kappa shape index (κ3) is 4.40. The van der Waals surface area contributed by atoms with E-state index in [-0.39, 0.29) is 24.4 Å². The number of H-pyrrole nitrogens is 1. The molecule has 0 aliphatic carbocycles. The number of aromatic amines is 1. The van der Waals surface area contributed by atoms with Crippen LogP contribution in [0, 0.1) is 0 Å². The van der Waals surface area contributed by atoms with Gasteiger partial charge in [-0.2, -0.15) is 0 Å². The van der Waals surface area contributed by atoms with Gasteiger partial charge in [-0.3, -0.25) is 9.59 Å². The van der Waals surface area contributed by atoms with E-state index in [1.165, 1.54) is 6.07 Å². The quantitative estimate of drug-likeness (QED) is 0.570. The van der Waals surface area contributed by atoms with E-state index in [2.05, 4.69) is 9.72 Å². The molecule has 0 fully saturated rings. The maximum Gasteiger partial charge on any atom is 0.323 e. The van der Waals surface area contributed by atoms with E-state index >= 15 is 0 Å². The Bertz CT molecular complexity index is 283. The first-order valence-electron chi connectivity index (χ1n) is 3.24. The molecule has 0 saturated carbocycles. The van der Waals surface area contributed by atoms with Crippen molar-refractivity contribution in [2.24, 2.45) is 0 Å². The summed E-state index contributed by atoms with van der Waals surface area (Å²) in [6.45, 7) is 0. The van der Waals surface area contributed by atoms with Gasteiger partial charge in [-0.05, 0) is 6.07 Å². The average Bonchev–Trinajstić information content (AvgIpc) is 2.37. The molecule has 0 bridgehead atoms. The zero-order chi connectivity index (χ0) is 8.97. The van der Waals surface area contributed by atoms with Crippen molar-refractivity contribution in [1.82, 2.24) is 4.98 Å². The minimum absolute atomic E-state index is 0. The van der Waals surface area contributed by atoms with E-state index in [0.29, 0.717) is 0 Å². The fourth-order valence-electron chi connectivity index (χ4n) is 0.660. The maximum absolute atomic E-state index is 10.7. The predicted octanol–water partition coefficient (Wildman–Crippen LogP) is 0.392. The molecule has 1 rings (SSSR count). The van der Waals surface area contributed by atoms with Crippen molar-refractivity contribution >= 4 is 11.9 Å². The standard InChI is InChI=1S/C7H7NO4.V/c9-6(10)4-7(11)12-5-2-1-3-8-5;/h1-3,8H,4H2,(H,9,10);. The molecule has 0 spiro atoms. The molecule has 0 unspecified atom stereocenters. The van der Waals surface area contributed by atoms with Crippen molar-refractivity contribution in [3.63, 3.8) is 0 Å². The van der Waals surface area contributed by atoms with E-state index in [1.54, 1.807) is 12.3 Å². The molecule has 0 aliphatic rings. The second kappa shape index (κ2) is 5.45. The Morgan fingerprint density at radius 2 is 2.23 bits per heavy atom. The van der Waals surface area contributed by atoms with Gasteiger partial charge in [0.1, 0.15) is 6.42 Å². The number of carboxylic acids is 1. The van der Waals surface area contributed by atoms with Gasteiger partial charge < -0.3 is 14.8 Å². The van der Waals surface area contributed by atoms with Crippen LogP contribution in [0.4, 0.5) is 0 Å². The third-order valence-corrected chi connectivity index (χ3v) is 1.09. The fraction of sp³-hybridized carbons (Fsp3) is 0.143. The Morgan fingerprint density at radius 1 is 1.54 bits per heavy atom. The number of nitrogens with one attached hydrogen (secondary N) is 1. The fourth-order valence-corrected chi connectivity index (χ4v) is 0.660. The van der Waals surface area contributed by atoms with Crippen LogP contribution in [-0.4, -0.2) is 22.0 Å². The number of hydrogen-bond acceptors (Lipinski definition) is 3. The second-order valence-corrected chi connectivity index (χ2v) is 2.08. The SMILES string of the molecule is O=C(O)CC(=O)Oc1ccc[nH]1.[V]. The Kier molecular flexibility index (Phi) is 4.95. The first-order chi connectivity index (χ1) is 5.68. The number of carbonyl (C=O) groups excluding carboxylic acids is 1. The summed E-state index contributed by atoms with van der Waals surface area (Å²) in [4.78, 5) is 23.3. The van der Waals surface area contributed by atoms with Crippen molar-refractivity contribution in [3.05, 3.63) is 18.3 Å². The summed E-state index contributed by atoms with van der Waals surface area (Å²) in [6.07, 6.45) is 0.947. The number of rotatable bonds is 3. The molecule has 1 aromatic heterocycles. The summed E-state index contributed by atoms with van der Waals surface area (Å²) >= 11 is 0. The second-order valence-electron chi connectivity index (χ2n) is 2.08. The van der Waals surface area contributed by atoms with Crippen LogP contribution in [0.2, 0.25) is 0 Å². The van der Waals surface area contributed by atoms with E-state index in [1.807, 2.05) is 0 Å². The Labute approximate surface area is 86.0 Å². The molecule has 1 radical (unpaired) electrons. The van der Waals surface area contributed by atoms with Crippen LogP contribution < -0.4 is 4.74 Å². The van der Waals surface area contributed by atoms with Crippen LogP contribution in [0.1, 0.15) is 6.42 Å². The van der Waals surface area contributed by atoms with Crippen molar-refractivity contribution in [1.29, 1.82) is 0 Å². The molecule has 0 aliphatic heterocycles. The first kappa shape index (κ1) is 11.8. The van der Waals surface area contributed by atoms with Crippen LogP contribution in [0.3, 0.4) is 0 Å². The van der Waals surface area contributed by atoms with Crippen LogP contribution in [0.5, 0.6) is 5.88 Å². The summed E-state index contributed by atoms with van der Waals surface area (Å²) in [5.41, 5.74) is 0. The summed E-state index contributed by atoms with van der Waals surface area (Å²) < 4.78 is 4.59. The average molecular weight is 220 g/mol. The van der Waals surface area contributed by atoms with Gasteiger partial charge in [0.15, 0.2) is 0 Å². The Balaban J connectivity index is 0.00000144. The monoisotopic (exact) mass is 220 g/mol. The van der Waals surface area contributed by atoms with Gasteiger partial charge in [-0.25, -0.2) is 0 Å². The van der Waals surface area contributed by atoms with E-state index < -0.39 is 18.4 Å². The van der Waals surface area contributed by atoms with Crippen LogP contribution in [0.25, 0.3) is 0 Å². The summed E-state index contributed by atoms with van der Waals surface area (Å²) in [5.74, 6) is -1.74. The summed E-state index contributed by atoms with van der Waals surface area (Å²) in [6, 6.07) is 3.17. The predicted molar refractivity (Wildman–Crippen MR) is 38.7 cm³/mol. The normalized spacial score (nSPS) is 8.62. The summed E-state index contributed by atoms with van der Waals surface area (Å²) in [5, 5.41) is 8.20. The maximum atomic E-state index is 10.7. The zero-order valence-electron chi connectivity index (χ0n) is 6.56. The van der Waals surface area contributed by atoms with Crippen LogP contribution in [0.15, 0.2) is 18.3 Å². The topological polar surface area (TPSA) is 79.4 Å². The summed E-state index contributed by atoms with van der Waals surface area (Å²) in [7, 11) is 0. The molecule has 69 valence electrons. The molecular formula is C7H7NO4V. The van der Waals surface area contributed by atoms with E-state index in [0.717, 1.165) is 0 Å². The molecule has 0 atom stereocenters. The Morgan fingerprint density at radius 3 is 2.69 bits per heavy atom. The van der Waals surface area contributed by atoms with Crippen molar-refractivity contribution in [2.45, 2.75) is 6.42 Å². The Hall–Kier alpha value is -1.20. The molecule has 0 amide bonds. The zero-order valence-corrected chi connectivity index (χ0v) is 7.96. The van der Waals surface area contributed by atoms with Crippen molar-refractivity contribution in [3.8, 4) is 5.88 Å². The van der Waals surface area contributed by atoms with Gasteiger partial charge in [-0.15, -0.1) is 0 Å². The van der Waals surface area contributed by atoms with Gasteiger partial charge in [0, 0.05) is 30.8 Å². The molecule has 0 aromatic carbocycles. The van der Waals surface area contributed by atoms with Crippen LogP contribution >= 0.6 is 0 Å². The van der Waals surface area contributed by atoms with E-state index in [9.17, 15) is 9.59 Å². The molecule has 1 heterocycles. The number of hydrogen-bond donors (Lipinski definition) is 2. The van der Waals surface area contributed by atoms with Gasteiger partial charge >= 0.3 is 11.9 Å². The van der Waals surface area contributed by atoms with Gasteiger partial charge in [-0.1, -0.05) is 0 Å². The number of carbonyl (C=O) groups is 2. The van der Waals surface area contributed by atoms with E-state index in [4.69, 9.17) is 5.11 Å². The van der Waals surface area contributed by atoms with Gasteiger partial charge in [0.05, 0.1) is 0 Å². The number of carboxylic acid groups (broad SMARTS) is 1.